The second-order valence-electron chi connectivity index (χ2n) is 14.5. The molecule has 4 nitrogen and oxygen atoms in total. The third-order valence-corrected chi connectivity index (χ3v) is 12.0. The minimum atomic E-state index is -1.69. The Balaban J connectivity index is 1.55. The topological polar surface area (TPSA) is 69.6 Å². The number of hydrogen-bond acceptors (Lipinski definition) is 4. The Labute approximate surface area is 233 Å². The van der Waals surface area contributed by atoms with Crippen molar-refractivity contribution in [1.82, 2.24) is 5.32 Å². The van der Waals surface area contributed by atoms with Crippen LogP contribution in [0.1, 0.15) is 125 Å². The van der Waals surface area contributed by atoms with E-state index in [0.717, 1.165) is 61.9 Å². The molecule has 4 heteroatoms. The van der Waals surface area contributed by atoms with Crippen molar-refractivity contribution in [3.8, 4) is 0 Å². The Hall–Kier alpha value is -0.930. The summed E-state index contributed by atoms with van der Waals surface area (Å²) in [6, 6.07) is 0. The zero-order valence-corrected chi connectivity index (χ0v) is 25.3. The van der Waals surface area contributed by atoms with Gasteiger partial charge in [-0.05, 0) is 92.4 Å². The molecule has 0 aromatic carbocycles. The lowest BCUT2D eigenvalue weighted by molar-refractivity contribution is -0.114. The Morgan fingerprint density at radius 3 is 2.50 bits per heavy atom. The molecule has 4 rings (SSSR count). The number of nitrogens with one attached hydrogen (secondary N) is 1. The minimum absolute atomic E-state index is 0.327. The normalized spacial score (nSPS) is 41.2. The number of aliphatic hydroxyl groups excluding tert-OH is 1. The molecule has 0 radical (unpaired) electrons. The van der Waals surface area contributed by atoms with Gasteiger partial charge in [0.2, 0.25) is 0 Å². The summed E-state index contributed by atoms with van der Waals surface area (Å²) in [7, 11) is 0. The number of allylic oxidation sites excluding steroid dienone is 1. The SMILES string of the molecule is CCCCCCNC1(O)C(=C=O)[C@@]2(C)C(=CC[C@@H]3[C@@H]2CC[C@]2(C)[C@@H]([C@H](C)CCCC(C)C)CC[C@@H]32)C[C@@H]1O. The summed E-state index contributed by atoms with van der Waals surface area (Å²) in [5, 5.41) is 26.2. The monoisotopic (exact) mass is 527 g/mol. The maximum Gasteiger partial charge on any atom is 0.176 e. The molecule has 0 heterocycles. The van der Waals surface area contributed by atoms with E-state index in [1.807, 2.05) is 0 Å². The molecular weight excluding hydrogens is 470 g/mol. The maximum absolute atomic E-state index is 12.7. The fourth-order valence-electron chi connectivity index (χ4n) is 9.87. The molecule has 3 N–H and O–H groups in total. The number of fused-ring (bicyclic) bond motifs is 5. The molecular formula is C34H57NO3. The van der Waals surface area contributed by atoms with E-state index in [9.17, 15) is 15.0 Å². The van der Waals surface area contributed by atoms with E-state index >= 15 is 0 Å². The zero-order chi connectivity index (χ0) is 27.7. The molecule has 9 atom stereocenters. The second-order valence-corrected chi connectivity index (χ2v) is 14.5. The summed E-state index contributed by atoms with van der Waals surface area (Å²) in [4.78, 5) is 12.7. The molecule has 4 aliphatic carbocycles. The second kappa shape index (κ2) is 11.9. The molecule has 0 bridgehead atoms. The molecule has 0 aromatic rings. The highest BCUT2D eigenvalue weighted by atomic mass is 16.4. The van der Waals surface area contributed by atoms with Gasteiger partial charge in [0.05, 0.1) is 5.57 Å². The number of carbonyl (C=O) groups excluding carboxylic acids is 1. The highest BCUT2D eigenvalue weighted by Crippen LogP contribution is 2.68. The molecule has 3 saturated carbocycles. The smallest absolute Gasteiger partial charge is 0.176 e. The maximum atomic E-state index is 12.7. The Morgan fingerprint density at radius 1 is 1.05 bits per heavy atom. The van der Waals surface area contributed by atoms with Crippen molar-refractivity contribution < 1.29 is 15.0 Å². The van der Waals surface area contributed by atoms with E-state index in [2.05, 4.69) is 58.9 Å². The minimum Gasteiger partial charge on any atom is -0.388 e. The van der Waals surface area contributed by atoms with E-state index in [4.69, 9.17) is 0 Å². The van der Waals surface area contributed by atoms with Crippen LogP contribution in [0.4, 0.5) is 0 Å². The standard InChI is InChI=1S/C34H57NO3/c1-7-8-9-10-20-35-34(38)30(22-36)33(6)25(21-31(34)37)14-15-26-28-17-16-27(24(4)13-11-12-23(2)3)32(28,5)19-18-29(26)33/h14,23-24,26-29,31,35,37-38H,7-13,15-21H2,1-6H3/t24-,26+,27-,28+,29+,31+,32-,33+,34?/m1/s1. The van der Waals surface area contributed by atoms with Gasteiger partial charge in [0.25, 0.3) is 0 Å². The Morgan fingerprint density at radius 2 is 1.82 bits per heavy atom. The lowest BCUT2D eigenvalue weighted by Crippen LogP contribution is -2.65. The van der Waals surface area contributed by atoms with Crippen molar-refractivity contribution in [1.29, 1.82) is 0 Å². The van der Waals surface area contributed by atoms with Crippen LogP contribution >= 0.6 is 0 Å². The number of aliphatic hydroxyl groups is 2. The van der Waals surface area contributed by atoms with E-state index in [-0.39, 0.29) is 0 Å². The Kier molecular flexibility index (Phi) is 9.40. The molecule has 38 heavy (non-hydrogen) atoms. The van der Waals surface area contributed by atoms with Gasteiger partial charge in [-0.15, -0.1) is 0 Å². The van der Waals surface area contributed by atoms with Crippen LogP contribution in [-0.4, -0.2) is 34.5 Å². The summed E-state index contributed by atoms with van der Waals surface area (Å²) in [5.74, 6) is 6.10. The average molecular weight is 528 g/mol. The van der Waals surface area contributed by atoms with Crippen LogP contribution in [-0.2, 0) is 4.79 Å². The molecule has 0 saturated heterocycles. The molecule has 3 fully saturated rings. The molecule has 216 valence electrons. The van der Waals surface area contributed by atoms with Gasteiger partial charge in [0, 0.05) is 5.41 Å². The molecule has 0 aromatic heterocycles. The molecule has 0 aliphatic heterocycles. The summed E-state index contributed by atoms with van der Waals surface area (Å²) in [5.41, 5.74) is -0.334. The van der Waals surface area contributed by atoms with Crippen molar-refractivity contribution in [2.75, 3.05) is 6.54 Å². The summed E-state index contributed by atoms with van der Waals surface area (Å²) in [6.07, 6.45) is 16.1. The van der Waals surface area contributed by atoms with Crippen molar-refractivity contribution in [3.05, 3.63) is 17.2 Å². The van der Waals surface area contributed by atoms with Crippen LogP contribution < -0.4 is 5.32 Å². The molecule has 1 unspecified atom stereocenters. The van der Waals surface area contributed by atoms with Gasteiger partial charge >= 0.3 is 0 Å². The van der Waals surface area contributed by atoms with Gasteiger partial charge in [-0.25, -0.2) is 4.79 Å². The van der Waals surface area contributed by atoms with Crippen molar-refractivity contribution >= 4 is 5.94 Å². The highest BCUT2D eigenvalue weighted by molar-refractivity contribution is 5.64. The van der Waals surface area contributed by atoms with Gasteiger partial charge in [-0.1, -0.05) is 91.7 Å². The third-order valence-electron chi connectivity index (χ3n) is 12.0. The van der Waals surface area contributed by atoms with Crippen LogP contribution in [0.25, 0.3) is 0 Å². The van der Waals surface area contributed by atoms with E-state index in [0.29, 0.717) is 41.7 Å². The largest absolute Gasteiger partial charge is 0.388 e. The van der Waals surface area contributed by atoms with Gasteiger partial charge in [0.15, 0.2) is 5.72 Å². The van der Waals surface area contributed by atoms with Gasteiger partial charge in [0.1, 0.15) is 12.0 Å². The van der Waals surface area contributed by atoms with Crippen molar-refractivity contribution in [3.63, 3.8) is 0 Å². The molecule has 0 spiro atoms. The van der Waals surface area contributed by atoms with Crippen LogP contribution in [0.5, 0.6) is 0 Å². The first-order valence-corrected chi connectivity index (χ1v) is 16.1. The van der Waals surface area contributed by atoms with Crippen LogP contribution in [0, 0.1) is 46.3 Å². The van der Waals surface area contributed by atoms with Gasteiger partial charge < -0.3 is 10.2 Å². The summed E-state index contributed by atoms with van der Waals surface area (Å²) >= 11 is 0. The third kappa shape index (κ3) is 5.13. The van der Waals surface area contributed by atoms with E-state index < -0.39 is 17.2 Å². The number of rotatable bonds is 11. The number of hydrogen-bond donors (Lipinski definition) is 3. The zero-order valence-electron chi connectivity index (χ0n) is 25.3. The first-order chi connectivity index (χ1) is 18.0. The van der Waals surface area contributed by atoms with E-state index in [1.165, 1.54) is 38.5 Å². The summed E-state index contributed by atoms with van der Waals surface area (Å²) in [6.45, 7) is 14.7. The quantitative estimate of drug-likeness (QED) is 0.115. The van der Waals surface area contributed by atoms with Crippen LogP contribution in [0.15, 0.2) is 17.2 Å². The fraction of sp³-hybridized carbons (Fsp3) is 0.882. The lowest BCUT2D eigenvalue weighted by Gasteiger charge is -2.60. The first-order valence-electron chi connectivity index (χ1n) is 16.1. The molecule has 4 aliphatic rings. The van der Waals surface area contributed by atoms with E-state index in [1.54, 1.807) is 0 Å². The van der Waals surface area contributed by atoms with Gasteiger partial charge in [-0.2, -0.15) is 0 Å². The predicted molar refractivity (Wildman–Crippen MR) is 156 cm³/mol. The highest BCUT2D eigenvalue weighted by Gasteiger charge is 2.64. The summed E-state index contributed by atoms with van der Waals surface area (Å²) < 4.78 is 0. The lowest BCUT2D eigenvalue weighted by atomic mass is 9.45. The van der Waals surface area contributed by atoms with Gasteiger partial charge in [-0.3, -0.25) is 5.32 Å². The predicted octanol–water partition coefficient (Wildman–Crippen LogP) is 7.23. The first kappa shape index (κ1) is 30.0. The van der Waals surface area contributed by atoms with Crippen LogP contribution in [0.3, 0.4) is 0 Å². The number of unbranched alkanes of at least 4 members (excludes halogenated alkanes) is 3. The molecule has 0 amide bonds. The fourth-order valence-corrected chi connectivity index (χ4v) is 9.87. The van der Waals surface area contributed by atoms with Crippen molar-refractivity contribution in [2.24, 2.45) is 46.3 Å². The van der Waals surface area contributed by atoms with Crippen LogP contribution in [0.2, 0.25) is 0 Å². The Bertz CT molecular complexity index is 905. The van der Waals surface area contributed by atoms with Crippen molar-refractivity contribution in [2.45, 2.75) is 137 Å². The average Bonchev–Trinajstić information content (AvgIpc) is 3.22.